The van der Waals surface area contributed by atoms with Gasteiger partial charge in [0.25, 0.3) is 0 Å². The molecule has 1 aliphatic rings. The molecule has 2 rings (SSSR count). The zero-order chi connectivity index (χ0) is 16.2. The summed E-state index contributed by atoms with van der Waals surface area (Å²) in [7, 11) is 0. The number of nitrogens with one attached hydrogen (secondary N) is 1. The van der Waals surface area contributed by atoms with Crippen LogP contribution in [0.15, 0.2) is 28.6 Å². The third-order valence-electron chi connectivity index (χ3n) is 3.90. The molecule has 1 saturated heterocycles. The van der Waals surface area contributed by atoms with Crippen molar-refractivity contribution in [3.05, 3.63) is 29.8 Å². The molecule has 6 heteroatoms. The summed E-state index contributed by atoms with van der Waals surface area (Å²) in [6.07, 6.45) is 2.39. The van der Waals surface area contributed by atoms with Crippen molar-refractivity contribution in [2.24, 2.45) is 4.36 Å². The number of likely N-dealkylation sites (tertiary alicyclic amines) is 1. The lowest BCUT2D eigenvalue weighted by molar-refractivity contribution is 0.167. The van der Waals surface area contributed by atoms with E-state index < -0.39 is 0 Å². The number of hydrogen-bond donors (Lipinski definition) is 1. The minimum Gasteiger partial charge on any atom is -0.308 e. The number of hydrogen-bond acceptors (Lipinski definition) is 3. The first-order valence-corrected chi connectivity index (χ1v) is 8.29. The number of carbonyl (C=O) groups excluding carboxylic acids is 1. The van der Waals surface area contributed by atoms with Gasteiger partial charge < -0.3 is 10.2 Å². The molecule has 0 bridgehead atoms. The van der Waals surface area contributed by atoms with E-state index in [0.717, 1.165) is 24.9 Å². The van der Waals surface area contributed by atoms with Crippen LogP contribution in [0.2, 0.25) is 0 Å². The maximum absolute atomic E-state index is 12.4. The Morgan fingerprint density at radius 2 is 1.95 bits per heavy atom. The van der Waals surface area contributed by atoms with Gasteiger partial charge >= 0.3 is 6.03 Å². The fourth-order valence-corrected chi connectivity index (χ4v) is 2.88. The maximum atomic E-state index is 12.4. The Hall–Kier alpha value is -1.69. The predicted molar refractivity (Wildman–Crippen MR) is 89.1 cm³/mol. The SMILES string of the molecule is CC(C)(C)c1ccc(NC(=O)N2CCCCC2N=S=O)cc1. The largest absolute Gasteiger partial charge is 0.323 e. The molecule has 1 aromatic carbocycles. The Balaban J connectivity index is 2.06. The van der Waals surface area contributed by atoms with Crippen molar-refractivity contribution in [3.8, 4) is 0 Å². The predicted octanol–water partition coefficient (Wildman–Crippen LogP) is 3.72. The minimum absolute atomic E-state index is 0.0880. The van der Waals surface area contributed by atoms with Gasteiger partial charge in [-0.2, -0.15) is 8.57 Å². The van der Waals surface area contributed by atoms with Crippen molar-refractivity contribution in [2.75, 3.05) is 11.9 Å². The van der Waals surface area contributed by atoms with Crippen LogP contribution in [0.1, 0.15) is 45.6 Å². The number of benzene rings is 1. The van der Waals surface area contributed by atoms with Gasteiger partial charge in [0.1, 0.15) is 6.17 Å². The smallest absolute Gasteiger partial charge is 0.308 e. The monoisotopic (exact) mass is 321 g/mol. The Labute approximate surface area is 135 Å². The van der Waals surface area contributed by atoms with Crippen LogP contribution < -0.4 is 5.32 Å². The van der Waals surface area contributed by atoms with E-state index in [9.17, 15) is 9.00 Å². The normalized spacial score (nSPS) is 18.7. The topological polar surface area (TPSA) is 61.8 Å². The fraction of sp³-hybridized carbons (Fsp3) is 0.562. The molecule has 0 radical (unpaired) electrons. The minimum atomic E-state index is -0.315. The molecule has 1 aliphatic heterocycles. The summed E-state index contributed by atoms with van der Waals surface area (Å²) in [5.41, 5.74) is 2.07. The number of urea groups is 1. The Bertz CT molecular complexity index is 574. The zero-order valence-corrected chi connectivity index (χ0v) is 14.2. The van der Waals surface area contributed by atoms with Crippen LogP contribution in [0, 0.1) is 0 Å². The van der Waals surface area contributed by atoms with E-state index >= 15 is 0 Å². The lowest BCUT2D eigenvalue weighted by Crippen LogP contribution is -2.44. The highest BCUT2D eigenvalue weighted by Gasteiger charge is 2.26. The second-order valence-electron chi connectivity index (χ2n) is 6.61. The van der Waals surface area contributed by atoms with Crippen LogP contribution in [0.3, 0.4) is 0 Å². The number of rotatable bonds is 2. The average molecular weight is 321 g/mol. The summed E-state index contributed by atoms with van der Waals surface area (Å²) >= 11 is 0.194. The molecular formula is C16H23N3O2S. The van der Waals surface area contributed by atoms with Crippen molar-refractivity contribution >= 4 is 23.2 Å². The highest BCUT2D eigenvalue weighted by molar-refractivity contribution is 7.54. The first-order chi connectivity index (χ1) is 10.4. The van der Waals surface area contributed by atoms with Crippen LogP contribution in [0.25, 0.3) is 0 Å². The highest BCUT2D eigenvalue weighted by Crippen LogP contribution is 2.24. The third kappa shape index (κ3) is 4.16. The van der Waals surface area contributed by atoms with Crippen molar-refractivity contribution in [2.45, 2.75) is 51.6 Å². The zero-order valence-electron chi connectivity index (χ0n) is 13.3. The summed E-state index contributed by atoms with van der Waals surface area (Å²) in [5, 5.41) is 2.89. The highest BCUT2D eigenvalue weighted by atomic mass is 32.1. The summed E-state index contributed by atoms with van der Waals surface area (Å²) in [5.74, 6) is 0. The van der Waals surface area contributed by atoms with Gasteiger partial charge in [-0.05, 0) is 42.4 Å². The molecule has 1 atom stereocenters. The van der Waals surface area contributed by atoms with E-state index in [1.807, 2.05) is 24.3 Å². The first kappa shape index (κ1) is 16.7. The molecule has 0 spiro atoms. The molecule has 5 nitrogen and oxygen atoms in total. The van der Waals surface area contributed by atoms with Crippen LogP contribution in [-0.2, 0) is 16.9 Å². The second-order valence-corrected chi connectivity index (χ2v) is 6.97. The Kier molecular flexibility index (Phi) is 5.34. The van der Waals surface area contributed by atoms with Crippen LogP contribution in [-0.4, -0.2) is 27.9 Å². The molecule has 0 aromatic heterocycles. The Morgan fingerprint density at radius 1 is 1.27 bits per heavy atom. The summed E-state index contributed by atoms with van der Waals surface area (Å²) in [6.45, 7) is 7.10. The fourth-order valence-electron chi connectivity index (χ4n) is 2.56. The quantitative estimate of drug-likeness (QED) is 0.902. The molecular weight excluding hydrogens is 298 g/mol. The van der Waals surface area contributed by atoms with E-state index in [2.05, 4.69) is 30.5 Å². The maximum Gasteiger partial charge on any atom is 0.323 e. The Morgan fingerprint density at radius 3 is 2.55 bits per heavy atom. The lowest BCUT2D eigenvalue weighted by Gasteiger charge is -2.32. The van der Waals surface area contributed by atoms with Crippen molar-refractivity contribution in [1.29, 1.82) is 0 Å². The van der Waals surface area contributed by atoms with Crippen LogP contribution in [0.5, 0.6) is 0 Å². The van der Waals surface area contributed by atoms with Gasteiger partial charge in [-0.3, -0.25) is 0 Å². The molecule has 1 unspecified atom stereocenters. The van der Waals surface area contributed by atoms with Gasteiger partial charge in [-0.15, -0.1) is 0 Å². The molecule has 0 aliphatic carbocycles. The molecule has 1 aromatic rings. The van der Waals surface area contributed by atoms with Crippen molar-refractivity contribution in [1.82, 2.24) is 4.90 Å². The van der Waals surface area contributed by atoms with E-state index in [1.54, 1.807) is 4.90 Å². The molecule has 1 fully saturated rings. The van der Waals surface area contributed by atoms with Crippen LogP contribution >= 0.6 is 0 Å². The molecule has 1 heterocycles. The number of amides is 2. The first-order valence-electron chi connectivity index (χ1n) is 7.59. The molecule has 22 heavy (non-hydrogen) atoms. The van der Waals surface area contributed by atoms with E-state index in [-0.39, 0.29) is 29.1 Å². The standard InChI is InChI=1S/C16H23N3O2S/c1-16(2,3)12-7-9-13(10-8-12)17-15(20)19-11-5-4-6-14(19)18-22-21/h7-10,14H,4-6,11H2,1-3H3,(H,17,20). The van der Waals surface area contributed by atoms with E-state index in [0.29, 0.717) is 6.54 Å². The van der Waals surface area contributed by atoms with Gasteiger partial charge in [0.05, 0.1) is 0 Å². The number of anilines is 1. The van der Waals surface area contributed by atoms with Crippen molar-refractivity contribution < 1.29 is 9.00 Å². The third-order valence-corrected chi connectivity index (χ3v) is 4.23. The number of piperidine rings is 1. The summed E-state index contributed by atoms with van der Waals surface area (Å²) < 4.78 is 14.5. The summed E-state index contributed by atoms with van der Waals surface area (Å²) in [6, 6.07) is 7.70. The van der Waals surface area contributed by atoms with Gasteiger partial charge in [0.15, 0.2) is 0 Å². The van der Waals surface area contributed by atoms with Gasteiger partial charge in [0.2, 0.25) is 11.5 Å². The second kappa shape index (κ2) is 7.05. The van der Waals surface area contributed by atoms with E-state index in [4.69, 9.17) is 0 Å². The van der Waals surface area contributed by atoms with Crippen LogP contribution in [0.4, 0.5) is 10.5 Å². The average Bonchev–Trinajstić information content (AvgIpc) is 2.47. The number of nitrogens with zero attached hydrogens (tertiary/aromatic N) is 2. The van der Waals surface area contributed by atoms with Gasteiger partial charge in [0, 0.05) is 12.2 Å². The van der Waals surface area contributed by atoms with E-state index in [1.165, 1.54) is 5.56 Å². The lowest BCUT2D eigenvalue weighted by atomic mass is 9.87. The summed E-state index contributed by atoms with van der Waals surface area (Å²) in [4.78, 5) is 14.0. The molecule has 2 amide bonds. The number of carbonyl (C=O) groups is 1. The van der Waals surface area contributed by atoms with Crippen molar-refractivity contribution in [3.63, 3.8) is 0 Å². The van der Waals surface area contributed by atoms with Gasteiger partial charge in [-0.1, -0.05) is 32.9 Å². The molecule has 1 N–H and O–H groups in total. The molecule has 0 saturated carbocycles. The van der Waals surface area contributed by atoms with Gasteiger partial charge in [-0.25, -0.2) is 4.79 Å². The molecule has 120 valence electrons.